The second-order valence-corrected chi connectivity index (χ2v) is 8.58. The average Bonchev–Trinajstić information content (AvgIpc) is 3.00. The number of Topliss-reactive ketones (excluding diaryl/α,β-unsaturated/α-hetero) is 1. The molecular formula is C20H19ClN2O3S. The second kappa shape index (κ2) is 7.02. The summed E-state index contributed by atoms with van der Waals surface area (Å²) >= 11 is 7.58. The molecule has 2 N–H and O–H groups in total. The Morgan fingerprint density at radius 2 is 1.96 bits per heavy atom. The Kier molecular flexibility index (Phi) is 4.70. The van der Waals surface area contributed by atoms with Crippen LogP contribution in [0.3, 0.4) is 0 Å². The van der Waals surface area contributed by atoms with Crippen LogP contribution in [0.25, 0.3) is 0 Å². The maximum absolute atomic E-state index is 13.4. The largest absolute Gasteiger partial charge is 0.468 e. The molecule has 0 saturated heterocycles. The minimum absolute atomic E-state index is 0.144. The fourth-order valence-corrected chi connectivity index (χ4v) is 4.95. The lowest BCUT2D eigenvalue weighted by molar-refractivity contribution is -0.151. The molecule has 1 aliphatic heterocycles. The van der Waals surface area contributed by atoms with Gasteiger partial charge in [0.05, 0.1) is 28.9 Å². The van der Waals surface area contributed by atoms with Gasteiger partial charge in [-0.15, -0.1) is 11.3 Å². The number of benzene rings is 1. The normalized spacial score (nSPS) is 24.3. The molecule has 4 rings (SSSR count). The van der Waals surface area contributed by atoms with Crippen LogP contribution < -0.4 is 10.6 Å². The van der Waals surface area contributed by atoms with E-state index < -0.39 is 11.9 Å². The molecule has 0 unspecified atom stereocenters. The summed E-state index contributed by atoms with van der Waals surface area (Å²) in [6, 6.07) is 11.2. The molecule has 140 valence electrons. The van der Waals surface area contributed by atoms with Crippen LogP contribution in [-0.2, 0) is 14.3 Å². The Balaban J connectivity index is 1.86. The SMILES string of the molecule is COC(=O)[C@H]1C(=O)C2=C(C[C@H]1C)Nc1ccccc1N[C@H]2c1ccc(Cl)s1. The van der Waals surface area contributed by atoms with E-state index in [9.17, 15) is 9.59 Å². The fourth-order valence-electron chi connectivity index (χ4n) is 3.83. The topological polar surface area (TPSA) is 67.4 Å². The van der Waals surface area contributed by atoms with Crippen molar-refractivity contribution in [1.82, 2.24) is 0 Å². The van der Waals surface area contributed by atoms with Crippen LogP contribution >= 0.6 is 22.9 Å². The number of rotatable bonds is 2. The third kappa shape index (κ3) is 3.13. The van der Waals surface area contributed by atoms with Crippen LogP contribution in [-0.4, -0.2) is 18.9 Å². The molecule has 0 fully saturated rings. The van der Waals surface area contributed by atoms with E-state index in [0.29, 0.717) is 16.3 Å². The molecule has 2 aromatic rings. The number of para-hydroxylation sites is 2. The standard InChI is InChI=1S/C20H19ClN2O3S/c1-10-9-13-17(19(24)16(10)20(25)26-2)18(14-7-8-15(21)27-14)23-12-6-4-3-5-11(12)22-13/h3-8,10,16,18,22-23H,9H2,1-2H3/t10-,16-,18+/m1/s1. The second-order valence-electron chi connectivity index (χ2n) is 6.83. The number of methoxy groups -OCH3 is 1. The summed E-state index contributed by atoms with van der Waals surface area (Å²) in [5.41, 5.74) is 3.24. The van der Waals surface area contributed by atoms with Crippen molar-refractivity contribution in [1.29, 1.82) is 0 Å². The van der Waals surface area contributed by atoms with Gasteiger partial charge in [-0.1, -0.05) is 30.7 Å². The van der Waals surface area contributed by atoms with Gasteiger partial charge in [0, 0.05) is 16.1 Å². The Morgan fingerprint density at radius 3 is 2.63 bits per heavy atom. The molecule has 0 saturated carbocycles. The van der Waals surface area contributed by atoms with Gasteiger partial charge in [-0.3, -0.25) is 9.59 Å². The summed E-state index contributed by atoms with van der Waals surface area (Å²) in [6.45, 7) is 1.91. The molecule has 1 aromatic heterocycles. The average molecular weight is 403 g/mol. The van der Waals surface area contributed by atoms with Crippen LogP contribution in [0.1, 0.15) is 24.3 Å². The van der Waals surface area contributed by atoms with Crippen molar-refractivity contribution in [3.05, 3.63) is 56.9 Å². The molecule has 0 radical (unpaired) electrons. The van der Waals surface area contributed by atoms with Crippen LogP contribution in [0.4, 0.5) is 11.4 Å². The predicted molar refractivity (Wildman–Crippen MR) is 107 cm³/mol. The molecular weight excluding hydrogens is 384 g/mol. The highest BCUT2D eigenvalue weighted by molar-refractivity contribution is 7.16. The van der Waals surface area contributed by atoms with Crippen molar-refractivity contribution in [3.8, 4) is 0 Å². The number of esters is 1. The Bertz CT molecular complexity index is 952. The van der Waals surface area contributed by atoms with E-state index in [0.717, 1.165) is 21.9 Å². The Morgan fingerprint density at radius 1 is 1.22 bits per heavy atom. The van der Waals surface area contributed by atoms with E-state index in [-0.39, 0.29) is 17.7 Å². The summed E-state index contributed by atoms with van der Waals surface area (Å²) < 4.78 is 5.56. The van der Waals surface area contributed by atoms with Gasteiger partial charge in [-0.05, 0) is 36.6 Å². The van der Waals surface area contributed by atoms with E-state index >= 15 is 0 Å². The summed E-state index contributed by atoms with van der Waals surface area (Å²) in [7, 11) is 1.32. The maximum Gasteiger partial charge on any atom is 0.316 e. The summed E-state index contributed by atoms with van der Waals surface area (Å²) in [4.78, 5) is 26.6. The Hall–Kier alpha value is -2.31. The number of halogens is 1. The van der Waals surface area contributed by atoms with E-state index in [1.807, 2.05) is 43.3 Å². The van der Waals surface area contributed by atoms with Crippen LogP contribution in [0.2, 0.25) is 4.34 Å². The number of hydrogen-bond donors (Lipinski definition) is 2. The highest BCUT2D eigenvalue weighted by Gasteiger charge is 2.44. The summed E-state index contributed by atoms with van der Waals surface area (Å²) in [6.07, 6.45) is 0.590. The molecule has 3 atom stereocenters. The lowest BCUT2D eigenvalue weighted by atomic mass is 9.75. The van der Waals surface area contributed by atoms with Crippen molar-refractivity contribution in [2.24, 2.45) is 11.8 Å². The molecule has 7 heteroatoms. The van der Waals surface area contributed by atoms with Gasteiger partial charge in [0.25, 0.3) is 0 Å². The zero-order valence-corrected chi connectivity index (χ0v) is 16.5. The zero-order chi connectivity index (χ0) is 19.1. The van der Waals surface area contributed by atoms with Gasteiger partial charge < -0.3 is 15.4 Å². The smallest absolute Gasteiger partial charge is 0.316 e. The number of ether oxygens (including phenoxy) is 1. The minimum Gasteiger partial charge on any atom is -0.468 e. The number of thiophene rings is 1. The van der Waals surface area contributed by atoms with E-state index in [2.05, 4.69) is 10.6 Å². The third-order valence-corrected chi connectivity index (χ3v) is 6.40. The first-order valence-corrected chi connectivity index (χ1v) is 9.92. The van der Waals surface area contributed by atoms with Crippen molar-refractivity contribution in [2.45, 2.75) is 19.4 Å². The molecule has 1 aromatic carbocycles. The van der Waals surface area contributed by atoms with Crippen LogP contribution in [0, 0.1) is 11.8 Å². The van der Waals surface area contributed by atoms with Gasteiger partial charge >= 0.3 is 5.97 Å². The summed E-state index contributed by atoms with van der Waals surface area (Å²) in [5.74, 6) is -1.62. The maximum atomic E-state index is 13.4. The highest BCUT2D eigenvalue weighted by atomic mass is 35.5. The summed E-state index contributed by atoms with van der Waals surface area (Å²) in [5, 5.41) is 6.89. The van der Waals surface area contributed by atoms with E-state index in [1.165, 1.54) is 18.4 Å². The van der Waals surface area contributed by atoms with E-state index in [1.54, 1.807) is 0 Å². The van der Waals surface area contributed by atoms with Gasteiger partial charge in [0.15, 0.2) is 5.78 Å². The molecule has 0 amide bonds. The quantitative estimate of drug-likeness (QED) is 0.566. The molecule has 0 spiro atoms. The van der Waals surface area contributed by atoms with Crippen molar-refractivity contribution in [2.75, 3.05) is 17.7 Å². The number of allylic oxidation sites excluding steroid dienone is 1. The van der Waals surface area contributed by atoms with Gasteiger partial charge in [0.1, 0.15) is 5.92 Å². The van der Waals surface area contributed by atoms with Crippen molar-refractivity contribution >= 4 is 46.1 Å². The zero-order valence-electron chi connectivity index (χ0n) is 14.9. The van der Waals surface area contributed by atoms with Crippen molar-refractivity contribution in [3.63, 3.8) is 0 Å². The number of ketones is 1. The molecule has 0 bridgehead atoms. The Labute approximate surface area is 166 Å². The van der Waals surface area contributed by atoms with Gasteiger partial charge in [-0.25, -0.2) is 0 Å². The molecule has 27 heavy (non-hydrogen) atoms. The number of fused-ring (bicyclic) bond motifs is 1. The first-order valence-electron chi connectivity index (χ1n) is 8.72. The van der Waals surface area contributed by atoms with E-state index in [4.69, 9.17) is 16.3 Å². The lowest BCUT2D eigenvalue weighted by Crippen LogP contribution is -2.39. The molecule has 2 heterocycles. The number of hydrogen-bond acceptors (Lipinski definition) is 6. The van der Waals surface area contributed by atoms with Crippen LogP contribution in [0.15, 0.2) is 47.7 Å². The molecule has 2 aliphatic rings. The monoisotopic (exact) mass is 402 g/mol. The molecule has 1 aliphatic carbocycles. The van der Waals surface area contributed by atoms with Gasteiger partial charge in [0.2, 0.25) is 0 Å². The third-order valence-electron chi connectivity index (χ3n) is 5.10. The number of anilines is 2. The van der Waals surface area contributed by atoms with Crippen molar-refractivity contribution < 1.29 is 14.3 Å². The first kappa shape index (κ1) is 18.1. The highest BCUT2D eigenvalue weighted by Crippen LogP contribution is 2.45. The van der Waals surface area contributed by atoms with Gasteiger partial charge in [-0.2, -0.15) is 0 Å². The predicted octanol–water partition coefficient (Wildman–Crippen LogP) is 4.63. The van der Waals surface area contributed by atoms with Crippen LogP contribution in [0.5, 0.6) is 0 Å². The lowest BCUT2D eigenvalue weighted by Gasteiger charge is -2.32. The number of carbonyl (C=O) groups excluding carboxylic acids is 2. The molecule has 5 nitrogen and oxygen atoms in total. The minimum atomic E-state index is -0.795. The fraction of sp³-hybridized carbons (Fsp3) is 0.300. The number of nitrogens with one attached hydrogen (secondary N) is 2. The number of carbonyl (C=O) groups is 2. The first-order chi connectivity index (χ1) is 13.0.